The molecule has 0 saturated carbocycles. The van der Waals surface area contributed by atoms with Gasteiger partial charge < -0.3 is 9.47 Å². The SMILES string of the molecule is COCC(C#N)(COC(C)=O)C(C)=O. The molecule has 14 heavy (non-hydrogen) atoms. The molecule has 0 rings (SSSR count). The van der Waals surface area contributed by atoms with E-state index >= 15 is 0 Å². The van der Waals surface area contributed by atoms with Crippen molar-refractivity contribution in [1.29, 1.82) is 5.26 Å². The van der Waals surface area contributed by atoms with Crippen LogP contribution in [0.5, 0.6) is 0 Å². The Balaban J connectivity index is 4.60. The van der Waals surface area contributed by atoms with E-state index in [1.54, 1.807) is 0 Å². The van der Waals surface area contributed by atoms with E-state index in [9.17, 15) is 9.59 Å². The molecule has 1 unspecified atom stereocenters. The molecule has 0 radical (unpaired) electrons. The van der Waals surface area contributed by atoms with Crippen LogP contribution in [0.15, 0.2) is 0 Å². The topological polar surface area (TPSA) is 76.4 Å². The summed E-state index contributed by atoms with van der Waals surface area (Å²) >= 11 is 0. The van der Waals surface area contributed by atoms with E-state index in [4.69, 9.17) is 10.00 Å². The quantitative estimate of drug-likeness (QED) is 0.595. The standard InChI is InChI=1S/C9H13NO4/c1-7(11)9(4-10,5-13-3)6-14-8(2)12/h5-6H2,1-3H3. The number of hydrogen-bond acceptors (Lipinski definition) is 5. The van der Waals surface area contributed by atoms with Crippen molar-refractivity contribution in [3.8, 4) is 6.07 Å². The molecule has 0 aliphatic carbocycles. The van der Waals surface area contributed by atoms with E-state index in [1.807, 2.05) is 6.07 Å². The van der Waals surface area contributed by atoms with Crippen molar-refractivity contribution in [3.63, 3.8) is 0 Å². The molecule has 0 aromatic carbocycles. The molecular formula is C9H13NO4. The summed E-state index contributed by atoms with van der Waals surface area (Å²) in [5, 5.41) is 8.85. The highest BCUT2D eigenvalue weighted by molar-refractivity contribution is 5.85. The molecule has 0 fully saturated rings. The number of ether oxygens (including phenoxy) is 2. The second-order valence-electron chi connectivity index (χ2n) is 2.96. The number of rotatable bonds is 5. The van der Waals surface area contributed by atoms with Crippen molar-refractivity contribution in [2.75, 3.05) is 20.3 Å². The van der Waals surface area contributed by atoms with Crippen molar-refractivity contribution in [1.82, 2.24) is 0 Å². The van der Waals surface area contributed by atoms with Gasteiger partial charge in [0.25, 0.3) is 0 Å². The number of nitrogens with zero attached hydrogens (tertiary/aromatic N) is 1. The van der Waals surface area contributed by atoms with Gasteiger partial charge in [0.2, 0.25) is 0 Å². The summed E-state index contributed by atoms with van der Waals surface area (Å²) in [4.78, 5) is 21.8. The first kappa shape index (κ1) is 12.6. The summed E-state index contributed by atoms with van der Waals surface area (Å²) in [5.74, 6) is -0.898. The van der Waals surface area contributed by atoms with Crippen LogP contribution in [0, 0.1) is 16.7 Å². The zero-order chi connectivity index (χ0) is 11.2. The minimum Gasteiger partial charge on any atom is -0.464 e. The molecule has 0 N–H and O–H groups in total. The van der Waals surface area contributed by atoms with Crippen LogP contribution in [0.2, 0.25) is 0 Å². The normalized spacial score (nSPS) is 13.9. The zero-order valence-corrected chi connectivity index (χ0v) is 8.49. The molecule has 0 heterocycles. The van der Waals surface area contributed by atoms with Gasteiger partial charge in [-0.3, -0.25) is 9.59 Å². The molecule has 5 heteroatoms. The van der Waals surface area contributed by atoms with Gasteiger partial charge in [-0.15, -0.1) is 0 Å². The summed E-state index contributed by atoms with van der Waals surface area (Å²) in [6.07, 6.45) is 0. The van der Waals surface area contributed by atoms with Gasteiger partial charge in [-0.25, -0.2) is 0 Å². The Bertz CT molecular complexity index is 268. The van der Waals surface area contributed by atoms with Gasteiger partial charge in [-0.1, -0.05) is 0 Å². The van der Waals surface area contributed by atoms with E-state index < -0.39 is 11.4 Å². The van der Waals surface area contributed by atoms with E-state index in [2.05, 4.69) is 4.74 Å². The Morgan fingerprint density at radius 2 is 1.93 bits per heavy atom. The van der Waals surface area contributed by atoms with Gasteiger partial charge in [0, 0.05) is 14.0 Å². The molecule has 0 saturated heterocycles. The van der Waals surface area contributed by atoms with Crippen molar-refractivity contribution in [2.45, 2.75) is 13.8 Å². The minimum atomic E-state index is -1.37. The Labute approximate surface area is 82.6 Å². The second-order valence-corrected chi connectivity index (χ2v) is 2.96. The largest absolute Gasteiger partial charge is 0.464 e. The van der Waals surface area contributed by atoms with Crippen LogP contribution in [0.4, 0.5) is 0 Å². The number of carbonyl (C=O) groups excluding carboxylic acids is 2. The maximum absolute atomic E-state index is 11.2. The summed E-state index contributed by atoms with van der Waals surface area (Å²) in [5.41, 5.74) is -1.37. The van der Waals surface area contributed by atoms with Crippen molar-refractivity contribution in [2.24, 2.45) is 5.41 Å². The molecule has 0 aromatic heterocycles. The molecule has 78 valence electrons. The number of carbonyl (C=O) groups is 2. The summed E-state index contributed by atoms with van der Waals surface area (Å²) in [7, 11) is 1.38. The maximum atomic E-state index is 11.2. The lowest BCUT2D eigenvalue weighted by molar-refractivity contribution is -0.147. The Morgan fingerprint density at radius 1 is 1.36 bits per heavy atom. The number of esters is 1. The first-order valence-electron chi connectivity index (χ1n) is 4.03. The van der Waals surface area contributed by atoms with Crippen LogP contribution in [0.1, 0.15) is 13.8 Å². The molecule has 0 aliphatic heterocycles. The molecule has 0 bridgehead atoms. The molecule has 0 spiro atoms. The van der Waals surface area contributed by atoms with E-state index in [1.165, 1.54) is 21.0 Å². The summed E-state index contributed by atoms with van der Waals surface area (Å²) in [6, 6.07) is 1.82. The second kappa shape index (κ2) is 5.35. The predicted molar refractivity (Wildman–Crippen MR) is 47.2 cm³/mol. The van der Waals surface area contributed by atoms with Gasteiger partial charge >= 0.3 is 5.97 Å². The lowest BCUT2D eigenvalue weighted by Gasteiger charge is -2.21. The van der Waals surface area contributed by atoms with Crippen molar-refractivity contribution >= 4 is 11.8 Å². The molecular weight excluding hydrogens is 186 g/mol. The van der Waals surface area contributed by atoms with Crippen LogP contribution in [0.25, 0.3) is 0 Å². The van der Waals surface area contributed by atoms with E-state index in [0.717, 1.165) is 0 Å². The number of methoxy groups -OCH3 is 1. The van der Waals surface area contributed by atoms with Gasteiger partial charge in [0.1, 0.15) is 6.61 Å². The molecule has 1 atom stereocenters. The van der Waals surface area contributed by atoms with Crippen LogP contribution in [-0.2, 0) is 19.1 Å². The molecule has 0 aliphatic rings. The lowest BCUT2D eigenvalue weighted by atomic mass is 9.87. The highest BCUT2D eigenvalue weighted by Gasteiger charge is 2.37. The van der Waals surface area contributed by atoms with Gasteiger partial charge in [0.05, 0.1) is 12.7 Å². The Kier molecular flexibility index (Phi) is 4.81. The summed E-state index contributed by atoms with van der Waals surface area (Å²) in [6.45, 7) is 2.15. The van der Waals surface area contributed by atoms with E-state index in [0.29, 0.717) is 0 Å². The minimum absolute atomic E-state index is 0.0773. The fourth-order valence-electron chi connectivity index (χ4n) is 0.859. The van der Waals surface area contributed by atoms with Gasteiger partial charge in [-0.05, 0) is 6.92 Å². The lowest BCUT2D eigenvalue weighted by Crippen LogP contribution is -2.38. The molecule has 0 amide bonds. The summed E-state index contributed by atoms with van der Waals surface area (Å²) < 4.78 is 9.41. The number of ketones is 1. The van der Waals surface area contributed by atoms with Crippen molar-refractivity contribution in [3.05, 3.63) is 0 Å². The number of hydrogen-bond donors (Lipinski definition) is 0. The fourth-order valence-corrected chi connectivity index (χ4v) is 0.859. The first-order valence-corrected chi connectivity index (χ1v) is 4.03. The zero-order valence-electron chi connectivity index (χ0n) is 8.49. The Hall–Kier alpha value is -1.41. The highest BCUT2D eigenvalue weighted by atomic mass is 16.5. The average Bonchev–Trinajstić information content (AvgIpc) is 2.11. The smallest absolute Gasteiger partial charge is 0.302 e. The molecule has 5 nitrogen and oxygen atoms in total. The Morgan fingerprint density at radius 3 is 2.21 bits per heavy atom. The van der Waals surface area contributed by atoms with Crippen LogP contribution in [-0.4, -0.2) is 32.1 Å². The fraction of sp³-hybridized carbons (Fsp3) is 0.667. The first-order chi connectivity index (χ1) is 6.48. The van der Waals surface area contributed by atoms with Crippen LogP contribution >= 0.6 is 0 Å². The third kappa shape index (κ3) is 3.15. The van der Waals surface area contributed by atoms with E-state index in [-0.39, 0.29) is 19.0 Å². The monoisotopic (exact) mass is 199 g/mol. The maximum Gasteiger partial charge on any atom is 0.302 e. The van der Waals surface area contributed by atoms with Gasteiger partial charge in [-0.2, -0.15) is 5.26 Å². The molecule has 0 aromatic rings. The third-order valence-corrected chi connectivity index (χ3v) is 1.80. The highest BCUT2D eigenvalue weighted by Crippen LogP contribution is 2.18. The van der Waals surface area contributed by atoms with Gasteiger partial charge in [0.15, 0.2) is 11.2 Å². The van der Waals surface area contributed by atoms with Crippen molar-refractivity contribution < 1.29 is 19.1 Å². The number of nitriles is 1. The van der Waals surface area contributed by atoms with Crippen LogP contribution < -0.4 is 0 Å². The average molecular weight is 199 g/mol. The number of Topliss-reactive ketones (excluding diaryl/α,β-unsaturated/α-hetero) is 1. The third-order valence-electron chi connectivity index (χ3n) is 1.80. The predicted octanol–water partition coefficient (Wildman–Crippen LogP) is 0.295. The van der Waals surface area contributed by atoms with Crippen LogP contribution in [0.3, 0.4) is 0 Å².